The number of hydrogen-bond acceptors (Lipinski definition) is 2. The number of hydrogen-bond donors (Lipinski definition) is 2. The smallest absolute Gasteiger partial charge is 0.123 e. The monoisotopic (exact) mass is 456 g/mol. The van der Waals surface area contributed by atoms with Gasteiger partial charge in [-0.1, -0.05) is 50.5 Å². The minimum atomic E-state index is -0.691. The zero-order valence-corrected chi connectivity index (χ0v) is 21.0. The van der Waals surface area contributed by atoms with Crippen molar-refractivity contribution >= 4 is 0 Å². The molecule has 0 aromatic heterocycles. The molecule has 33 heavy (non-hydrogen) atoms. The molecule has 2 fully saturated rings. The summed E-state index contributed by atoms with van der Waals surface area (Å²) in [5, 5.41) is 22.0. The normalized spacial score (nSPS) is 34.2. The van der Waals surface area contributed by atoms with Crippen LogP contribution in [0.25, 0.3) is 0 Å². The van der Waals surface area contributed by atoms with E-state index >= 15 is 0 Å². The first-order valence-corrected chi connectivity index (χ1v) is 13.6. The SMILES string of the molecule is CCCC[C@H](O)CC1=CC[C@@H]2[C@H](CC[C@]3(C)[C@@H](C(C)(O)CCc4ccc(F)cc4)CC[C@@H]23)C1. The van der Waals surface area contributed by atoms with Crippen LogP contribution in [0.3, 0.4) is 0 Å². The Kier molecular flexibility index (Phi) is 7.70. The van der Waals surface area contributed by atoms with Gasteiger partial charge in [-0.05, 0) is 118 Å². The van der Waals surface area contributed by atoms with Crippen LogP contribution in [0.1, 0.15) is 97.0 Å². The molecule has 0 aliphatic heterocycles. The minimum absolute atomic E-state index is 0.173. The summed E-state index contributed by atoms with van der Waals surface area (Å²) < 4.78 is 13.2. The second kappa shape index (κ2) is 10.2. The molecule has 1 unspecified atom stereocenters. The summed E-state index contributed by atoms with van der Waals surface area (Å²) in [5.41, 5.74) is 2.11. The first-order valence-electron chi connectivity index (χ1n) is 13.6. The highest BCUT2D eigenvalue weighted by atomic mass is 19.1. The highest BCUT2D eigenvalue weighted by Gasteiger charge is 2.57. The lowest BCUT2D eigenvalue weighted by molar-refractivity contribution is -0.0887. The Morgan fingerprint density at radius 2 is 1.94 bits per heavy atom. The molecule has 2 nitrogen and oxygen atoms in total. The Morgan fingerprint density at radius 3 is 2.67 bits per heavy atom. The zero-order valence-electron chi connectivity index (χ0n) is 21.0. The molecule has 0 heterocycles. The molecule has 3 aliphatic rings. The number of rotatable bonds is 9. The van der Waals surface area contributed by atoms with Crippen molar-refractivity contribution in [2.75, 3.05) is 0 Å². The van der Waals surface area contributed by atoms with Crippen molar-refractivity contribution in [2.24, 2.45) is 29.1 Å². The Morgan fingerprint density at radius 1 is 1.18 bits per heavy atom. The number of aryl methyl sites for hydroxylation is 1. The van der Waals surface area contributed by atoms with Crippen LogP contribution < -0.4 is 0 Å². The van der Waals surface area contributed by atoms with E-state index in [1.165, 1.54) is 43.4 Å². The van der Waals surface area contributed by atoms with Gasteiger partial charge < -0.3 is 10.2 Å². The molecular weight excluding hydrogens is 411 g/mol. The van der Waals surface area contributed by atoms with Crippen LogP contribution >= 0.6 is 0 Å². The van der Waals surface area contributed by atoms with Gasteiger partial charge in [-0.25, -0.2) is 4.39 Å². The van der Waals surface area contributed by atoms with E-state index in [2.05, 4.69) is 26.8 Å². The number of fused-ring (bicyclic) bond motifs is 3. The standard InChI is InChI=1S/C30H45FO2/c1-4-5-6-25(32)20-22-9-12-26-23(19-22)16-17-29(2)27(26)13-14-28(29)30(3,33)18-15-21-7-10-24(31)11-8-21/h7-11,23,25-28,32-33H,4-6,12-20H2,1-3H3/t23-,25+,26-,27+,28+,29+,30?/m1/s1. The van der Waals surface area contributed by atoms with Crippen LogP contribution in [-0.4, -0.2) is 21.9 Å². The third-order valence-corrected chi connectivity index (χ3v) is 9.76. The lowest BCUT2D eigenvalue weighted by Gasteiger charge is -2.52. The number of aliphatic hydroxyl groups excluding tert-OH is 1. The zero-order chi connectivity index (χ0) is 23.6. The summed E-state index contributed by atoms with van der Waals surface area (Å²) in [5.74, 6) is 2.31. The second-order valence-electron chi connectivity index (χ2n) is 12.0. The number of benzene rings is 1. The molecule has 184 valence electrons. The lowest BCUT2D eigenvalue weighted by Crippen LogP contribution is -2.49. The summed E-state index contributed by atoms with van der Waals surface area (Å²) in [6.07, 6.45) is 15.0. The molecule has 2 saturated carbocycles. The van der Waals surface area contributed by atoms with Gasteiger partial charge in [0.05, 0.1) is 11.7 Å². The number of halogens is 1. The molecule has 2 N–H and O–H groups in total. The molecule has 0 amide bonds. The van der Waals surface area contributed by atoms with Gasteiger partial charge in [-0.2, -0.15) is 0 Å². The third-order valence-electron chi connectivity index (χ3n) is 9.76. The Hall–Kier alpha value is -1.19. The van der Waals surface area contributed by atoms with E-state index in [4.69, 9.17) is 0 Å². The van der Waals surface area contributed by atoms with E-state index in [0.717, 1.165) is 68.8 Å². The second-order valence-corrected chi connectivity index (χ2v) is 12.0. The largest absolute Gasteiger partial charge is 0.393 e. The Labute approximate surface area is 200 Å². The number of allylic oxidation sites excluding steroid dienone is 1. The third kappa shape index (κ3) is 5.40. The fourth-order valence-electron chi connectivity index (χ4n) is 7.95. The van der Waals surface area contributed by atoms with Gasteiger partial charge in [-0.15, -0.1) is 0 Å². The summed E-state index contributed by atoms with van der Waals surface area (Å²) in [6.45, 7) is 6.70. The van der Waals surface area contributed by atoms with Crippen molar-refractivity contribution in [3.8, 4) is 0 Å². The maximum absolute atomic E-state index is 13.2. The predicted molar refractivity (Wildman–Crippen MR) is 133 cm³/mol. The molecule has 7 atom stereocenters. The molecular formula is C30H45FO2. The van der Waals surface area contributed by atoms with E-state index in [1.807, 2.05) is 12.1 Å². The summed E-state index contributed by atoms with van der Waals surface area (Å²) in [6, 6.07) is 6.74. The van der Waals surface area contributed by atoms with Gasteiger partial charge in [0.15, 0.2) is 0 Å². The number of aliphatic hydroxyl groups is 2. The molecule has 1 aromatic carbocycles. The summed E-state index contributed by atoms with van der Waals surface area (Å²) >= 11 is 0. The quantitative estimate of drug-likeness (QED) is 0.385. The fourth-order valence-corrected chi connectivity index (χ4v) is 7.95. The van der Waals surface area contributed by atoms with Crippen molar-refractivity contribution in [2.45, 2.75) is 110 Å². The van der Waals surface area contributed by atoms with Gasteiger partial charge in [0.1, 0.15) is 5.82 Å². The maximum atomic E-state index is 13.2. The van der Waals surface area contributed by atoms with Gasteiger partial charge in [0, 0.05) is 0 Å². The van der Waals surface area contributed by atoms with Gasteiger partial charge >= 0.3 is 0 Å². The van der Waals surface area contributed by atoms with Crippen LogP contribution in [0.2, 0.25) is 0 Å². The van der Waals surface area contributed by atoms with Crippen molar-refractivity contribution in [3.05, 3.63) is 47.3 Å². The lowest BCUT2D eigenvalue weighted by atomic mass is 9.53. The molecule has 0 bridgehead atoms. The summed E-state index contributed by atoms with van der Waals surface area (Å²) in [7, 11) is 0. The van der Waals surface area contributed by atoms with Crippen molar-refractivity contribution in [3.63, 3.8) is 0 Å². The molecule has 0 saturated heterocycles. The molecule has 1 aromatic rings. The van der Waals surface area contributed by atoms with E-state index < -0.39 is 5.60 Å². The number of unbranched alkanes of at least 4 members (excludes halogenated alkanes) is 1. The first kappa shape index (κ1) is 24.9. The Bertz CT molecular complexity index is 813. The fraction of sp³-hybridized carbons (Fsp3) is 0.733. The van der Waals surface area contributed by atoms with Gasteiger partial charge in [-0.3, -0.25) is 0 Å². The first-order chi connectivity index (χ1) is 15.7. The van der Waals surface area contributed by atoms with Crippen LogP contribution in [0.5, 0.6) is 0 Å². The molecule has 0 spiro atoms. The molecule has 0 radical (unpaired) electrons. The highest BCUT2D eigenvalue weighted by Crippen LogP contribution is 2.63. The molecule has 3 heteroatoms. The van der Waals surface area contributed by atoms with E-state index in [9.17, 15) is 14.6 Å². The average Bonchev–Trinajstić information content (AvgIpc) is 3.15. The topological polar surface area (TPSA) is 40.5 Å². The van der Waals surface area contributed by atoms with Crippen LogP contribution in [-0.2, 0) is 6.42 Å². The molecule has 4 rings (SSSR count). The highest BCUT2D eigenvalue weighted by molar-refractivity contribution is 5.18. The van der Waals surface area contributed by atoms with E-state index in [1.54, 1.807) is 0 Å². The summed E-state index contributed by atoms with van der Waals surface area (Å²) in [4.78, 5) is 0. The Balaban J connectivity index is 1.39. The average molecular weight is 457 g/mol. The van der Waals surface area contributed by atoms with Crippen LogP contribution in [0, 0.1) is 34.9 Å². The van der Waals surface area contributed by atoms with Crippen molar-refractivity contribution in [1.82, 2.24) is 0 Å². The van der Waals surface area contributed by atoms with Crippen LogP contribution in [0.4, 0.5) is 4.39 Å². The van der Waals surface area contributed by atoms with E-state index in [0.29, 0.717) is 11.8 Å². The predicted octanol–water partition coefficient (Wildman–Crippen LogP) is 7.23. The maximum Gasteiger partial charge on any atom is 0.123 e. The molecule has 3 aliphatic carbocycles. The van der Waals surface area contributed by atoms with Gasteiger partial charge in [0.2, 0.25) is 0 Å². The van der Waals surface area contributed by atoms with Crippen molar-refractivity contribution in [1.29, 1.82) is 0 Å². The minimum Gasteiger partial charge on any atom is -0.393 e. The van der Waals surface area contributed by atoms with E-state index in [-0.39, 0.29) is 17.3 Å². The van der Waals surface area contributed by atoms with Crippen molar-refractivity contribution < 1.29 is 14.6 Å². The van der Waals surface area contributed by atoms with Crippen LogP contribution in [0.15, 0.2) is 35.9 Å². The van der Waals surface area contributed by atoms with Gasteiger partial charge in [0.25, 0.3) is 0 Å².